The van der Waals surface area contributed by atoms with Crippen LogP contribution in [0.15, 0.2) is 60.8 Å². The van der Waals surface area contributed by atoms with Gasteiger partial charge in [0, 0.05) is 6.54 Å². The summed E-state index contributed by atoms with van der Waals surface area (Å²) >= 11 is 0. The lowest BCUT2D eigenvalue weighted by atomic mass is 10.1. The number of nitrogens with one attached hydrogen (secondary N) is 2. The summed E-state index contributed by atoms with van der Waals surface area (Å²) in [6.07, 6.45) is -2.84. The highest BCUT2D eigenvalue weighted by Crippen LogP contribution is 2.31. The minimum Gasteiger partial charge on any atom is -0.377 e. The van der Waals surface area contributed by atoms with E-state index in [0.717, 1.165) is 17.7 Å². The number of rotatable bonds is 4. The van der Waals surface area contributed by atoms with Crippen LogP contribution in [-0.2, 0) is 10.9 Å². The summed E-state index contributed by atoms with van der Waals surface area (Å²) in [6, 6.07) is 13.7. The van der Waals surface area contributed by atoms with Gasteiger partial charge < -0.3 is 19.9 Å². The van der Waals surface area contributed by atoms with E-state index < -0.39 is 17.8 Å². The Bertz CT molecular complexity index is 1050. The van der Waals surface area contributed by atoms with Crippen LogP contribution < -0.4 is 5.32 Å². The van der Waals surface area contributed by atoms with Crippen LogP contribution in [0.25, 0.3) is 11.3 Å². The Labute approximate surface area is 183 Å². The molecule has 168 valence electrons. The Morgan fingerprint density at radius 2 is 1.91 bits per heavy atom. The topological polar surface area (TPSA) is 70.2 Å². The summed E-state index contributed by atoms with van der Waals surface area (Å²) in [5.74, 6) is 0.516. The maximum absolute atomic E-state index is 13.0. The Morgan fingerprint density at radius 1 is 1.19 bits per heavy atom. The molecule has 0 spiro atoms. The number of aromatic nitrogens is 2. The van der Waals surface area contributed by atoms with Crippen molar-refractivity contribution in [3.05, 3.63) is 77.7 Å². The normalized spacial score (nSPS) is 17.8. The Morgan fingerprint density at radius 3 is 2.59 bits per heavy atom. The molecule has 0 saturated carbocycles. The lowest BCUT2D eigenvalue weighted by Crippen LogP contribution is -2.48. The second-order valence-corrected chi connectivity index (χ2v) is 7.62. The van der Waals surface area contributed by atoms with Crippen molar-refractivity contribution in [2.24, 2.45) is 0 Å². The highest BCUT2D eigenvalue weighted by Gasteiger charge is 2.32. The fourth-order valence-corrected chi connectivity index (χ4v) is 3.66. The molecule has 2 N–H and O–H groups in total. The number of morpholine rings is 1. The van der Waals surface area contributed by atoms with Gasteiger partial charge in [0.2, 0.25) is 0 Å². The SMILES string of the molecule is CC(NC(=O)N1CCOCC1c1ncc(-c2ccc(C(F)(F)F)cc2)[nH]1)c1ccccc1. The number of alkyl halides is 3. The van der Waals surface area contributed by atoms with Crippen LogP contribution >= 0.6 is 0 Å². The number of hydrogen-bond donors (Lipinski definition) is 2. The summed E-state index contributed by atoms with van der Waals surface area (Å²) < 4.78 is 44.0. The fourth-order valence-electron chi connectivity index (χ4n) is 3.66. The van der Waals surface area contributed by atoms with Gasteiger partial charge >= 0.3 is 12.2 Å². The zero-order valence-corrected chi connectivity index (χ0v) is 17.4. The molecule has 0 bridgehead atoms. The summed E-state index contributed by atoms with van der Waals surface area (Å²) in [7, 11) is 0. The van der Waals surface area contributed by atoms with Gasteiger partial charge in [-0.15, -0.1) is 0 Å². The van der Waals surface area contributed by atoms with Crippen molar-refractivity contribution in [1.29, 1.82) is 0 Å². The number of hydrogen-bond acceptors (Lipinski definition) is 3. The predicted molar refractivity (Wildman–Crippen MR) is 113 cm³/mol. The van der Waals surface area contributed by atoms with Crippen molar-refractivity contribution in [2.75, 3.05) is 19.8 Å². The third-order valence-corrected chi connectivity index (χ3v) is 5.46. The number of carbonyl (C=O) groups is 1. The summed E-state index contributed by atoms with van der Waals surface area (Å²) in [5, 5.41) is 3.01. The molecule has 6 nitrogen and oxygen atoms in total. The molecule has 2 atom stereocenters. The Balaban J connectivity index is 1.49. The number of halogens is 3. The van der Waals surface area contributed by atoms with Gasteiger partial charge in [0.1, 0.15) is 11.9 Å². The van der Waals surface area contributed by atoms with Crippen LogP contribution in [0.5, 0.6) is 0 Å². The van der Waals surface area contributed by atoms with E-state index >= 15 is 0 Å². The number of aromatic amines is 1. The molecule has 9 heteroatoms. The number of amides is 2. The standard InChI is InChI=1S/C23H23F3N4O2/c1-15(16-5-3-2-4-6-16)28-22(31)30-11-12-32-14-20(30)21-27-13-19(29-21)17-7-9-18(10-8-17)23(24,25)26/h2-10,13,15,20H,11-12,14H2,1H3,(H,27,29)(H,28,31). The fraction of sp³-hybridized carbons (Fsp3) is 0.304. The van der Waals surface area contributed by atoms with Gasteiger partial charge in [0.25, 0.3) is 0 Å². The molecule has 1 saturated heterocycles. The molecule has 2 amide bonds. The monoisotopic (exact) mass is 444 g/mol. The zero-order valence-electron chi connectivity index (χ0n) is 17.4. The van der Waals surface area contributed by atoms with Crippen LogP contribution in [-0.4, -0.2) is 40.7 Å². The van der Waals surface area contributed by atoms with Crippen molar-refractivity contribution in [3.8, 4) is 11.3 Å². The largest absolute Gasteiger partial charge is 0.416 e. The number of benzene rings is 2. The van der Waals surface area contributed by atoms with Crippen LogP contribution in [0.1, 0.15) is 36.0 Å². The molecular formula is C23H23F3N4O2. The second-order valence-electron chi connectivity index (χ2n) is 7.62. The number of imidazole rings is 1. The highest BCUT2D eigenvalue weighted by atomic mass is 19.4. The molecule has 3 aromatic rings. The highest BCUT2D eigenvalue weighted by molar-refractivity contribution is 5.75. The van der Waals surface area contributed by atoms with E-state index in [9.17, 15) is 18.0 Å². The predicted octanol–water partition coefficient (Wildman–Crippen LogP) is 4.94. The van der Waals surface area contributed by atoms with E-state index in [1.807, 2.05) is 37.3 Å². The van der Waals surface area contributed by atoms with E-state index in [1.54, 1.807) is 11.1 Å². The Hall–Kier alpha value is -3.33. The third-order valence-electron chi connectivity index (χ3n) is 5.46. The lowest BCUT2D eigenvalue weighted by molar-refractivity contribution is -0.137. The number of urea groups is 1. The minimum absolute atomic E-state index is 0.175. The number of H-pyrrole nitrogens is 1. The maximum atomic E-state index is 13.0. The van der Waals surface area contributed by atoms with E-state index in [0.29, 0.717) is 30.2 Å². The van der Waals surface area contributed by atoms with Crippen LogP contribution in [0.4, 0.5) is 18.0 Å². The molecule has 0 radical (unpaired) electrons. The van der Waals surface area contributed by atoms with Gasteiger partial charge in [-0.2, -0.15) is 13.2 Å². The van der Waals surface area contributed by atoms with Gasteiger partial charge in [0.05, 0.1) is 36.7 Å². The zero-order chi connectivity index (χ0) is 22.7. The van der Waals surface area contributed by atoms with E-state index in [1.165, 1.54) is 12.1 Å². The molecule has 2 unspecified atom stereocenters. The molecule has 2 heterocycles. The molecule has 0 aliphatic carbocycles. The molecule has 1 aliphatic rings. The molecule has 2 aromatic carbocycles. The first-order valence-electron chi connectivity index (χ1n) is 10.3. The first-order chi connectivity index (χ1) is 15.3. The average Bonchev–Trinajstić information content (AvgIpc) is 3.29. The van der Waals surface area contributed by atoms with Crippen LogP contribution in [0.2, 0.25) is 0 Å². The number of ether oxygens (including phenoxy) is 1. The molecular weight excluding hydrogens is 421 g/mol. The minimum atomic E-state index is -4.39. The number of carbonyl (C=O) groups excluding carboxylic acids is 1. The average molecular weight is 444 g/mol. The first kappa shape index (κ1) is 21.9. The van der Waals surface area contributed by atoms with Crippen LogP contribution in [0, 0.1) is 0 Å². The van der Waals surface area contributed by atoms with E-state index in [4.69, 9.17) is 4.74 Å². The van der Waals surface area contributed by atoms with Gasteiger partial charge in [0.15, 0.2) is 0 Å². The second kappa shape index (κ2) is 9.04. The molecule has 1 aliphatic heterocycles. The Kier molecular flexibility index (Phi) is 6.18. The van der Waals surface area contributed by atoms with Crippen molar-refractivity contribution in [1.82, 2.24) is 20.2 Å². The third kappa shape index (κ3) is 4.77. The molecule has 32 heavy (non-hydrogen) atoms. The van der Waals surface area contributed by atoms with Crippen molar-refractivity contribution in [2.45, 2.75) is 25.2 Å². The van der Waals surface area contributed by atoms with Gasteiger partial charge in [-0.3, -0.25) is 0 Å². The molecule has 1 fully saturated rings. The van der Waals surface area contributed by atoms with Gasteiger partial charge in [-0.05, 0) is 30.2 Å². The summed E-state index contributed by atoms with van der Waals surface area (Å²) in [6.45, 7) is 3.00. The summed E-state index contributed by atoms with van der Waals surface area (Å²) in [4.78, 5) is 22.2. The van der Waals surface area contributed by atoms with Crippen molar-refractivity contribution < 1.29 is 22.7 Å². The summed E-state index contributed by atoms with van der Waals surface area (Å²) in [5.41, 5.74) is 1.42. The van der Waals surface area contributed by atoms with Gasteiger partial charge in [-0.1, -0.05) is 42.5 Å². The molecule has 4 rings (SSSR count). The van der Waals surface area contributed by atoms with E-state index in [-0.39, 0.29) is 18.7 Å². The maximum Gasteiger partial charge on any atom is 0.416 e. The number of nitrogens with zero attached hydrogens (tertiary/aromatic N) is 2. The van der Waals surface area contributed by atoms with Crippen molar-refractivity contribution in [3.63, 3.8) is 0 Å². The smallest absolute Gasteiger partial charge is 0.377 e. The lowest BCUT2D eigenvalue weighted by Gasteiger charge is -2.35. The van der Waals surface area contributed by atoms with E-state index in [2.05, 4.69) is 15.3 Å². The first-order valence-corrected chi connectivity index (χ1v) is 10.3. The van der Waals surface area contributed by atoms with Crippen molar-refractivity contribution >= 4 is 6.03 Å². The molecule has 1 aromatic heterocycles. The van der Waals surface area contributed by atoms with Crippen LogP contribution in [0.3, 0.4) is 0 Å². The van der Waals surface area contributed by atoms with Gasteiger partial charge in [-0.25, -0.2) is 9.78 Å². The quantitative estimate of drug-likeness (QED) is 0.599.